The van der Waals surface area contributed by atoms with E-state index >= 15 is 0 Å². The zero-order chi connectivity index (χ0) is 28.4. The van der Waals surface area contributed by atoms with Gasteiger partial charge in [-0.1, -0.05) is 91.8 Å². The smallest absolute Gasteiger partial charge is 0.550 e. The van der Waals surface area contributed by atoms with Crippen LogP contribution in [0.5, 0.6) is 0 Å². The Bertz CT molecular complexity index is 896. The normalized spacial score (nSPS) is 12.4. The van der Waals surface area contributed by atoms with Crippen molar-refractivity contribution in [2.24, 2.45) is 0 Å². The molecule has 2 radical (unpaired) electrons. The Kier molecular flexibility index (Phi) is 17.9. The maximum absolute atomic E-state index is 8.89. The summed E-state index contributed by atoms with van der Waals surface area (Å²) in [7, 11) is 0. The average molecular weight is 633 g/mol. The third-order valence-electron chi connectivity index (χ3n) is 6.01. The molecule has 220 valence electrons. The van der Waals surface area contributed by atoms with Gasteiger partial charge < -0.3 is 35.1 Å². The van der Waals surface area contributed by atoms with Gasteiger partial charge >= 0.3 is 20.4 Å². The standard InChI is InChI=1S/C27H38N2.2C2H4O2.H2O.Pd/c1-18(2)22-11-9-12-23(19(3)4)26(22)28-15-16-29(17-28)27-24(20(5)6)13-10-14-25(27)21(7)8;2*1-2(3)4;;/h9-14,18-21H,15-16H2,1-8H3;2*1H3,(H,3,4);1H2;/q;;;;+2/p-2. The van der Waals surface area contributed by atoms with Crippen LogP contribution in [0.15, 0.2) is 36.4 Å². The number of para-hydroxylation sites is 2. The number of aliphatic carboxylic acids is 2. The topological polar surface area (TPSA) is 118 Å². The molecule has 0 aromatic heterocycles. The van der Waals surface area contributed by atoms with Crippen LogP contribution in [0.2, 0.25) is 0 Å². The summed E-state index contributed by atoms with van der Waals surface area (Å²) in [4.78, 5) is 22.5. The number of carbonyl (C=O) groups excluding carboxylic acids is 2. The molecule has 2 aromatic rings. The third-order valence-corrected chi connectivity index (χ3v) is 6.01. The van der Waals surface area contributed by atoms with Gasteiger partial charge in [-0.2, -0.15) is 0 Å². The van der Waals surface area contributed by atoms with Crippen LogP contribution in [0, 0.1) is 6.67 Å². The Morgan fingerprint density at radius 2 is 0.846 bits per heavy atom. The van der Waals surface area contributed by atoms with E-state index in [1.165, 1.54) is 33.6 Å². The summed E-state index contributed by atoms with van der Waals surface area (Å²) in [6.45, 7) is 26.0. The molecule has 2 N–H and O–H groups in total. The molecule has 1 saturated heterocycles. The maximum Gasteiger partial charge on any atom is 2.00 e. The molecule has 0 spiro atoms. The summed E-state index contributed by atoms with van der Waals surface area (Å²) >= 11 is 0. The number of benzene rings is 2. The van der Waals surface area contributed by atoms with Crippen molar-refractivity contribution >= 4 is 23.3 Å². The van der Waals surface area contributed by atoms with Crippen LogP contribution >= 0.6 is 0 Å². The van der Waals surface area contributed by atoms with Crippen molar-refractivity contribution in [2.45, 2.75) is 92.9 Å². The van der Waals surface area contributed by atoms with Crippen molar-refractivity contribution in [3.05, 3.63) is 65.3 Å². The molecule has 7 nitrogen and oxygen atoms in total. The zero-order valence-electron chi connectivity index (χ0n) is 25.0. The van der Waals surface area contributed by atoms with Gasteiger partial charge in [-0.25, -0.2) is 0 Å². The van der Waals surface area contributed by atoms with Crippen LogP contribution in [0.3, 0.4) is 0 Å². The summed E-state index contributed by atoms with van der Waals surface area (Å²) in [6.07, 6.45) is 0. The maximum atomic E-state index is 8.89. The van der Waals surface area contributed by atoms with E-state index in [9.17, 15) is 0 Å². The Labute approximate surface area is 249 Å². The van der Waals surface area contributed by atoms with Crippen LogP contribution in [-0.2, 0) is 30.0 Å². The van der Waals surface area contributed by atoms with Gasteiger partial charge in [-0.3, -0.25) is 0 Å². The van der Waals surface area contributed by atoms with Gasteiger partial charge in [0.1, 0.15) is 0 Å². The molecule has 0 amide bonds. The van der Waals surface area contributed by atoms with Crippen molar-refractivity contribution in [1.82, 2.24) is 0 Å². The number of hydrogen-bond acceptors (Lipinski definition) is 6. The van der Waals surface area contributed by atoms with E-state index < -0.39 is 11.9 Å². The number of hydrogen-bond donors (Lipinski definition) is 0. The molecule has 0 unspecified atom stereocenters. The fourth-order valence-corrected chi connectivity index (χ4v) is 4.42. The van der Waals surface area contributed by atoms with Crippen molar-refractivity contribution in [1.29, 1.82) is 0 Å². The predicted molar refractivity (Wildman–Crippen MR) is 152 cm³/mol. The molecule has 0 bridgehead atoms. The first-order chi connectivity index (χ1) is 17.2. The summed E-state index contributed by atoms with van der Waals surface area (Å²) in [5.41, 5.74) is 8.43. The Hall–Kier alpha value is -2.40. The van der Waals surface area contributed by atoms with Crippen LogP contribution in [0.4, 0.5) is 11.4 Å². The molecule has 3 rings (SSSR count). The van der Waals surface area contributed by atoms with Gasteiger partial charge in [-0.05, 0) is 59.8 Å². The molecule has 0 saturated carbocycles. The molecule has 39 heavy (non-hydrogen) atoms. The fraction of sp³-hybridized carbons (Fsp3) is 0.516. The molecule has 1 aliphatic heterocycles. The number of carboxylic acid groups (broad SMARTS) is 2. The average Bonchev–Trinajstić information content (AvgIpc) is 3.26. The van der Waals surface area contributed by atoms with Gasteiger partial charge in [0.2, 0.25) is 6.67 Å². The number of anilines is 2. The van der Waals surface area contributed by atoms with Gasteiger partial charge in [0, 0.05) is 36.4 Å². The van der Waals surface area contributed by atoms with E-state index in [-0.39, 0.29) is 25.9 Å². The van der Waals surface area contributed by atoms with E-state index in [2.05, 4.69) is 108 Å². The monoisotopic (exact) mass is 632 g/mol. The predicted octanol–water partition coefficient (Wildman–Crippen LogP) is 4.19. The molecule has 0 aliphatic carbocycles. The van der Waals surface area contributed by atoms with E-state index in [0.717, 1.165) is 26.9 Å². The second-order valence-corrected chi connectivity index (χ2v) is 10.6. The molecular formula is C31H46N2O5Pd. The Balaban J connectivity index is 0. The van der Waals surface area contributed by atoms with E-state index in [1.54, 1.807) is 0 Å². The van der Waals surface area contributed by atoms with E-state index in [4.69, 9.17) is 19.8 Å². The van der Waals surface area contributed by atoms with Gasteiger partial charge in [0.25, 0.3) is 0 Å². The van der Waals surface area contributed by atoms with Crippen LogP contribution in [0.1, 0.15) is 115 Å². The van der Waals surface area contributed by atoms with Gasteiger partial charge in [0.05, 0.1) is 0 Å². The van der Waals surface area contributed by atoms with Crippen LogP contribution < -0.4 is 20.0 Å². The van der Waals surface area contributed by atoms with Gasteiger partial charge in [0.15, 0.2) is 0 Å². The minimum Gasteiger partial charge on any atom is -0.550 e. The van der Waals surface area contributed by atoms with E-state index in [1.807, 2.05) is 0 Å². The number of rotatable bonds is 6. The molecule has 1 fully saturated rings. The Morgan fingerprint density at radius 1 is 0.641 bits per heavy atom. The van der Waals surface area contributed by atoms with Crippen molar-refractivity contribution in [3.63, 3.8) is 0 Å². The first kappa shape index (κ1) is 38.7. The van der Waals surface area contributed by atoms with Crippen molar-refractivity contribution in [2.75, 3.05) is 22.9 Å². The molecular weight excluding hydrogens is 587 g/mol. The quantitative estimate of drug-likeness (QED) is 0.441. The molecule has 0 atom stereocenters. The molecule has 1 aliphatic rings. The second-order valence-electron chi connectivity index (χ2n) is 10.6. The van der Waals surface area contributed by atoms with Crippen molar-refractivity contribution in [3.8, 4) is 0 Å². The molecule has 8 heteroatoms. The summed E-state index contributed by atoms with van der Waals surface area (Å²) in [6, 6.07) is 13.6. The summed E-state index contributed by atoms with van der Waals surface area (Å²) < 4.78 is 0. The SMILES string of the molecule is CC(=O)[O-].CC(=O)[O-].CC(C)c1cccc(C(C)C)c1N1[C]N(c2c(C(C)C)cccc2C(C)C)CC1.O.[Pd+2]. The van der Waals surface area contributed by atoms with Gasteiger partial charge in [-0.15, -0.1) is 0 Å². The zero-order valence-corrected chi connectivity index (χ0v) is 26.6. The number of nitrogens with zero attached hydrogens (tertiary/aromatic N) is 2. The van der Waals surface area contributed by atoms with Crippen molar-refractivity contribution < 1.29 is 45.7 Å². The van der Waals surface area contributed by atoms with Crippen LogP contribution in [-0.4, -0.2) is 30.5 Å². The number of carboxylic acids is 2. The summed E-state index contributed by atoms with van der Waals surface area (Å²) in [5, 5.41) is 17.8. The third kappa shape index (κ3) is 11.7. The van der Waals surface area contributed by atoms with E-state index in [0.29, 0.717) is 23.7 Å². The minimum absolute atomic E-state index is 0. The number of carbonyl (C=O) groups is 2. The Morgan fingerprint density at radius 3 is 1.03 bits per heavy atom. The van der Waals surface area contributed by atoms with Crippen LogP contribution in [0.25, 0.3) is 0 Å². The first-order valence-electron chi connectivity index (χ1n) is 13.1. The molecule has 2 aromatic carbocycles. The summed E-state index contributed by atoms with van der Waals surface area (Å²) in [5.74, 6) is -0.190. The first-order valence-corrected chi connectivity index (χ1v) is 13.1. The second kappa shape index (κ2) is 18.0. The minimum atomic E-state index is -1.08. The largest absolute Gasteiger partial charge is 2.00 e. The fourth-order valence-electron chi connectivity index (χ4n) is 4.42. The molecule has 1 heterocycles.